The van der Waals surface area contributed by atoms with Crippen molar-refractivity contribution in [1.82, 2.24) is 29.9 Å². The molecule has 1 atom stereocenters. The topological polar surface area (TPSA) is 97.9 Å². The van der Waals surface area contributed by atoms with Crippen LogP contribution < -0.4 is 5.32 Å². The predicted molar refractivity (Wildman–Crippen MR) is 91.6 cm³/mol. The van der Waals surface area contributed by atoms with Crippen LogP contribution in [0.5, 0.6) is 0 Å². The second-order valence-corrected chi connectivity index (χ2v) is 6.18. The standard InChI is InChI=1S/C17H20N6O2/c1-17(25,14-8-20-22(2)9-14)10-18-16(24)13-6-4-12(5-7-13)15-19-11-23(3)21-15/h4-9,11,25H,10H2,1-3H3,(H,18,24). The van der Waals surface area contributed by atoms with Gasteiger partial charge in [-0.1, -0.05) is 12.1 Å². The number of nitrogens with one attached hydrogen (secondary N) is 1. The van der Waals surface area contributed by atoms with Crippen LogP contribution in [0.3, 0.4) is 0 Å². The number of carbonyl (C=O) groups is 1. The lowest BCUT2D eigenvalue weighted by atomic mass is 9.99. The van der Waals surface area contributed by atoms with E-state index in [1.165, 1.54) is 0 Å². The predicted octanol–water partition coefficient (Wildman–Crippen LogP) is 0.853. The third-order valence-corrected chi connectivity index (χ3v) is 3.92. The van der Waals surface area contributed by atoms with Crippen molar-refractivity contribution in [1.29, 1.82) is 0 Å². The summed E-state index contributed by atoms with van der Waals surface area (Å²) in [5.74, 6) is 0.346. The molecule has 0 saturated carbocycles. The molecular formula is C17H20N6O2. The highest BCUT2D eigenvalue weighted by molar-refractivity contribution is 5.94. The summed E-state index contributed by atoms with van der Waals surface area (Å²) >= 11 is 0. The van der Waals surface area contributed by atoms with Gasteiger partial charge in [-0.2, -0.15) is 10.2 Å². The highest BCUT2D eigenvalue weighted by atomic mass is 16.3. The zero-order valence-corrected chi connectivity index (χ0v) is 14.3. The van der Waals surface area contributed by atoms with Crippen LogP contribution in [0.25, 0.3) is 11.4 Å². The van der Waals surface area contributed by atoms with Crippen molar-refractivity contribution in [3.63, 3.8) is 0 Å². The Balaban J connectivity index is 1.65. The van der Waals surface area contributed by atoms with Crippen molar-refractivity contribution in [2.24, 2.45) is 14.1 Å². The maximum absolute atomic E-state index is 12.3. The fourth-order valence-corrected chi connectivity index (χ4v) is 2.40. The number of carbonyl (C=O) groups excluding carboxylic acids is 1. The second kappa shape index (κ2) is 6.48. The molecule has 25 heavy (non-hydrogen) atoms. The number of amides is 1. The molecule has 0 aliphatic carbocycles. The number of aryl methyl sites for hydroxylation is 2. The highest BCUT2D eigenvalue weighted by Gasteiger charge is 2.25. The zero-order valence-electron chi connectivity index (χ0n) is 14.3. The second-order valence-electron chi connectivity index (χ2n) is 6.18. The van der Waals surface area contributed by atoms with Gasteiger partial charge in [0.1, 0.15) is 11.9 Å². The maximum atomic E-state index is 12.3. The average Bonchev–Trinajstić information content (AvgIpc) is 3.22. The number of aliphatic hydroxyl groups is 1. The molecule has 0 bridgehead atoms. The van der Waals surface area contributed by atoms with E-state index >= 15 is 0 Å². The molecule has 1 unspecified atom stereocenters. The summed E-state index contributed by atoms with van der Waals surface area (Å²) in [6.07, 6.45) is 4.93. The first-order chi connectivity index (χ1) is 11.8. The lowest BCUT2D eigenvalue weighted by Gasteiger charge is -2.22. The summed E-state index contributed by atoms with van der Waals surface area (Å²) < 4.78 is 3.23. The van der Waals surface area contributed by atoms with Gasteiger partial charge in [-0.05, 0) is 19.1 Å². The van der Waals surface area contributed by atoms with E-state index in [9.17, 15) is 9.90 Å². The summed E-state index contributed by atoms with van der Waals surface area (Å²) in [5, 5.41) is 21.5. The molecule has 1 amide bonds. The van der Waals surface area contributed by atoms with Crippen LogP contribution >= 0.6 is 0 Å². The molecule has 3 aromatic rings. The average molecular weight is 340 g/mol. The summed E-state index contributed by atoms with van der Waals surface area (Å²) in [6, 6.07) is 7.01. The van der Waals surface area contributed by atoms with Crippen molar-refractivity contribution in [2.75, 3.05) is 6.54 Å². The van der Waals surface area contributed by atoms with Gasteiger partial charge in [-0.3, -0.25) is 14.2 Å². The van der Waals surface area contributed by atoms with E-state index < -0.39 is 5.60 Å². The Bertz CT molecular complexity index is 879. The Morgan fingerprint density at radius 3 is 2.52 bits per heavy atom. The number of hydrogen-bond donors (Lipinski definition) is 2. The molecule has 130 valence electrons. The number of nitrogens with zero attached hydrogens (tertiary/aromatic N) is 5. The summed E-state index contributed by atoms with van der Waals surface area (Å²) in [4.78, 5) is 16.5. The van der Waals surface area contributed by atoms with Gasteiger partial charge < -0.3 is 10.4 Å². The fourth-order valence-electron chi connectivity index (χ4n) is 2.40. The van der Waals surface area contributed by atoms with Crippen molar-refractivity contribution >= 4 is 5.91 Å². The quantitative estimate of drug-likeness (QED) is 0.718. The van der Waals surface area contributed by atoms with Gasteiger partial charge in [0.2, 0.25) is 0 Å². The summed E-state index contributed by atoms with van der Waals surface area (Å²) in [6.45, 7) is 1.72. The first-order valence-corrected chi connectivity index (χ1v) is 7.81. The van der Waals surface area contributed by atoms with Crippen molar-refractivity contribution in [2.45, 2.75) is 12.5 Å². The van der Waals surface area contributed by atoms with Crippen molar-refractivity contribution in [3.8, 4) is 11.4 Å². The van der Waals surface area contributed by atoms with Gasteiger partial charge in [0.25, 0.3) is 5.91 Å². The maximum Gasteiger partial charge on any atom is 0.251 e. The van der Waals surface area contributed by atoms with E-state index in [1.807, 2.05) is 0 Å². The van der Waals surface area contributed by atoms with E-state index in [0.29, 0.717) is 17.0 Å². The van der Waals surface area contributed by atoms with Gasteiger partial charge in [0.05, 0.1) is 12.7 Å². The van der Waals surface area contributed by atoms with Gasteiger partial charge in [0.15, 0.2) is 5.82 Å². The first kappa shape index (κ1) is 16.8. The molecule has 0 spiro atoms. The van der Waals surface area contributed by atoms with Crippen LogP contribution in [-0.2, 0) is 19.7 Å². The minimum atomic E-state index is -1.19. The van der Waals surface area contributed by atoms with Crippen molar-refractivity contribution < 1.29 is 9.90 Å². The molecule has 3 rings (SSSR count). The molecule has 0 radical (unpaired) electrons. The minimum Gasteiger partial charge on any atom is -0.383 e. The number of benzene rings is 1. The smallest absolute Gasteiger partial charge is 0.251 e. The SMILES string of the molecule is Cn1cc(C(C)(O)CNC(=O)c2ccc(-c3ncn(C)n3)cc2)cn1. The Labute approximate surface area is 145 Å². The Morgan fingerprint density at radius 1 is 1.24 bits per heavy atom. The summed E-state index contributed by atoms with van der Waals surface area (Å²) in [7, 11) is 3.57. The molecule has 0 aliphatic rings. The number of rotatable bonds is 5. The molecular weight excluding hydrogens is 320 g/mol. The van der Waals surface area contributed by atoms with Gasteiger partial charge in [0, 0.05) is 37.0 Å². The van der Waals surface area contributed by atoms with E-state index in [0.717, 1.165) is 5.56 Å². The molecule has 8 nitrogen and oxygen atoms in total. The Hall–Kier alpha value is -3.00. The molecule has 2 aromatic heterocycles. The van der Waals surface area contributed by atoms with Crippen LogP contribution in [0.2, 0.25) is 0 Å². The van der Waals surface area contributed by atoms with Gasteiger partial charge in [-0.25, -0.2) is 4.98 Å². The van der Waals surface area contributed by atoms with E-state index in [1.54, 1.807) is 73.4 Å². The fraction of sp³-hybridized carbons (Fsp3) is 0.294. The normalized spacial score (nSPS) is 13.4. The molecule has 0 saturated heterocycles. The molecule has 0 fully saturated rings. The molecule has 0 aliphatic heterocycles. The first-order valence-electron chi connectivity index (χ1n) is 7.81. The Morgan fingerprint density at radius 2 is 1.96 bits per heavy atom. The van der Waals surface area contributed by atoms with E-state index in [4.69, 9.17) is 0 Å². The molecule has 2 N–H and O–H groups in total. The van der Waals surface area contributed by atoms with Crippen LogP contribution in [0, 0.1) is 0 Å². The highest BCUT2D eigenvalue weighted by Crippen LogP contribution is 2.19. The van der Waals surface area contributed by atoms with Crippen molar-refractivity contribution in [3.05, 3.63) is 54.1 Å². The van der Waals surface area contributed by atoms with Crippen LogP contribution in [0.4, 0.5) is 0 Å². The monoisotopic (exact) mass is 340 g/mol. The van der Waals surface area contributed by atoms with E-state index in [-0.39, 0.29) is 12.5 Å². The summed E-state index contributed by atoms with van der Waals surface area (Å²) in [5.41, 5.74) is 0.787. The van der Waals surface area contributed by atoms with Gasteiger partial charge in [-0.15, -0.1) is 0 Å². The van der Waals surface area contributed by atoms with Crippen LogP contribution in [0.15, 0.2) is 43.0 Å². The third kappa shape index (κ3) is 3.74. The Kier molecular flexibility index (Phi) is 4.37. The molecule has 1 aromatic carbocycles. The van der Waals surface area contributed by atoms with Crippen LogP contribution in [-0.4, -0.2) is 42.1 Å². The lowest BCUT2D eigenvalue weighted by Crippen LogP contribution is -2.38. The minimum absolute atomic E-state index is 0.0844. The zero-order chi connectivity index (χ0) is 18.0. The lowest BCUT2D eigenvalue weighted by molar-refractivity contribution is 0.0526. The molecule has 2 heterocycles. The van der Waals surface area contributed by atoms with E-state index in [2.05, 4.69) is 20.5 Å². The third-order valence-electron chi connectivity index (χ3n) is 3.92. The number of aromatic nitrogens is 5. The van der Waals surface area contributed by atoms with Crippen LogP contribution in [0.1, 0.15) is 22.8 Å². The largest absolute Gasteiger partial charge is 0.383 e. The van der Waals surface area contributed by atoms with Gasteiger partial charge >= 0.3 is 0 Å². The molecule has 8 heteroatoms. The number of hydrogen-bond acceptors (Lipinski definition) is 5.